The average molecular weight is 591 g/mol. The van der Waals surface area contributed by atoms with E-state index in [1.807, 2.05) is 0 Å². The largest absolute Gasteiger partial charge is 5.00 e. The van der Waals surface area contributed by atoms with Crippen molar-refractivity contribution in [3.05, 3.63) is 152 Å². The van der Waals surface area contributed by atoms with Gasteiger partial charge < -0.3 is 30.3 Å². The molecule has 0 amide bonds. The molecule has 0 unspecified atom stereocenters. The van der Waals surface area contributed by atoms with E-state index < -0.39 is 15.8 Å². The molecule has 5 aromatic carbocycles. The molecular weight excluding hydrogens is 554 g/mol. The molecule has 0 heterocycles. The van der Waals surface area contributed by atoms with E-state index in [2.05, 4.69) is 165 Å². The predicted molar refractivity (Wildman–Crippen MR) is 171 cm³/mol. The van der Waals surface area contributed by atoms with Crippen LogP contribution < -0.4 is 21.2 Å². The second kappa shape index (κ2) is 19.0. The zero-order valence-electron chi connectivity index (χ0n) is 22.4. The van der Waals surface area contributed by atoms with Crippen molar-refractivity contribution in [2.24, 2.45) is 0 Å². The maximum atomic E-state index is 2.62. The summed E-state index contributed by atoms with van der Waals surface area (Å²) in [6.07, 6.45) is 2.52. The summed E-state index contributed by atoms with van der Waals surface area (Å²) in [6, 6.07) is 56.5. The van der Waals surface area contributed by atoms with E-state index in [9.17, 15) is 0 Å². The van der Waals surface area contributed by atoms with Crippen LogP contribution in [-0.2, 0) is 17.1 Å². The molecule has 0 saturated heterocycles. The van der Waals surface area contributed by atoms with E-state index in [1.54, 1.807) is 6.07 Å². The second-order valence-corrected chi connectivity index (χ2v) is 17.3. The van der Waals surface area contributed by atoms with Crippen LogP contribution in [0.4, 0.5) is 0 Å². The van der Waals surface area contributed by atoms with Crippen LogP contribution in [0.2, 0.25) is 19.6 Å². The number of hydrogen-bond donors (Lipinski definition) is 0. The molecule has 192 valence electrons. The van der Waals surface area contributed by atoms with Gasteiger partial charge in [-0.25, -0.2) is 0 Å². The third-order valence-electron chi connectivity index (χ3n) is 5.47. The smallest absolute Gasteiger partial charge is 0.999 e. The second-order valence-electron chi connectivity index (χ2n) is 9.10. The van der Waals surface area contributed by atoms with E-state index in [4.69, 9.17) is 0 Å². The molecule has 0 N–H and O–H groups in total. The van der Waals surface area contributed by atoms with Crippen molar-refractivity contribution >= 4 is 45.9 Å². The fourth-order valence-corrected chi connectivity index (χ4v) is 10.1. The van der Waals surface area contributed by atoms with Crippen LogP contribution in [-0.4, -0.2) is 21.1 Å². The molecule has 0 aliphatic carbocycles. The van der Waals surface area contributed by atoms with Crippen LogP contribution in [0.15, 0.2) is 127 Å². The molecule has 0 saturated carbocycles. The maximum Gasteiger partial charge on any atom is 5.00 e. The van der Waals surface area contributed by atoms with Crippen molar-refractivity contribution < 1.29 is 17.1 Å². The molecule has 0 spiro atoms. The van der Waals surface area contributed by atoms with Gasteiger partial charge in [-0.15, -0.1) is 0 Å². The number of benzene rings is 4. The fourth-order valence-electron chi connectivity index (χ4n) is 3.90. The molecule has 2 radical (unpaired) electrons. The monoisotopic (exact) mass is 590 g/mol. The summed E-state index contributed by atoms with van der Waals surface area (Å²) in [6.45, 7) is 6.81. The molecule has 0 fully saturated rings. The molecule has 0 aliphatic rings. The van der Waals surface area contributed by atoms with Crippen LogP contribution in [0.5, 0.6) is 0 Å². The Kier molecular flexibility index (Phi) is 16.0. The van der Waals surface area contributed by atoms with Gasteiger partial charge in [0.25, 0.3) is 0 Å². The van der Waals surface area contributed by atoms with E-state index in [0.717, 1.165) is 0 Å². The van der Waals surface area contributed by atoms with Crippen LogP contribution in [0, 0.1) is 24.3 Å². The Morgan fingerprint density at radius 2 is 0.737 bits per heavy atom. The normalized spacial score (nSPS) is 10.2. The van der Waals surface area contributed by atoms with Crippen LogP contribution in [0.25, 0.3) is 0 Å². The Morgan fingerprint density at radius 3 is 0.921 bits per heavy atom. The first-order chi connectivity index (χ1) is 18.1. The topological polar surface area (TPSA) is 0 Å². The third kappa shape index (κ3) is 11.7. The van der Waals surface area contributed by atoms with Gasteiger partial charge in [-0.05, 0) is 48.5 Å². The summed E-state index contributed by atoms with van der Waals surface area (Å²) in [5, 5.41) is 6.06. The molecule has 0 nitrogen and oxygen atoms in total. The first-order valence-corrected chi connectivity index (χ1v) is 19.1. The van der Waals surface area contributed by atoms with E-state index >= 15 is 0 Å². The maximum absolute atomic E-state index is 2.62. The molecule has 0 atom stereocenters. The fraction of sp³-hybridized carbons (Fsp3) is 0.147. The van der Waals surface area contributed by atoms with Gasteiger partial charge in [-0.3, -0.25) is 0 Å². The molecule has 5 aromatic rings. The summed E-state index contributed by atoms with van der Waals surface area (Å²) < 4.78 is 0. The van der Waals surface area contributed by atoms with Gasteiger partial charge >= 0.3 is 17.1 Å². The molecule has 0 aromatic heterocycles. The average Bonchev–Trinajstić information content (AvgIpc) is 3.54. The minimum Gasteiger partial charge on any atom is -0.999 e. The van der Waals surface area contributed by atoms with Crippen molar-refractivity contribution in [1.29, 1.82) is 0 Å². The standard InChI is InChI=1S/C26H24P2.C5H.C3H9Si.Fe/c1-5-13-23(14-6-1)27(24-15-7-2-8-16-24)21-22-28(25-17-9-3-10-18-25)26-19-11-4-12-20-26;1-2-4-5-3-1;1-4(2)3;/h1-20H,21-22H2;1H;1-3H3;/q;-5;;+5/p+2. The first kappa shape index (κ1) is 32.0. The summed E-state index contributed by atoms with van der Waals surface area (Å²) in [5.74, 6) is 0. The zero-order chi connectivity index (χ0) is 26.1. The molecule has 4 heteroatoms. The van der Waals surface area contributed by atoms with Gasteiger partial charge in [0.05, 0.1) is 37.1 Å². The molecule has 38 heavy (non-hydrogen) atoms. The van der Waals surface area contributed by atoms with Crippen LogP contribution in [0.1, 0.15) is 0 Å². The summed E-state index contributed by atoms with van der Waals surface area (Å²) in [4.78, 5) is 0. The van der Waals surface area contributed by atoms with Gasteiger partial charge in [0, 0.05) is 8.80 Å². The first-order valence-electron chi connectivity index (χ1n) is 12.7. The Labute approximate surface area is 245 Å². The SMILES string of the molecule is C[Si](C)C.[Fe+5].[c-]1[c-][c-][cH-][c-]1.c1ccc([PH+](CC[PH+](c2ccccc2)c2ccccc2)c2ccccc2)cc1. The van der Waals surface area contributed by atoms with Crippen molar-refractivity contribution in [3.8, 4) is 0 Å². The van der Waals surface area contributed by atoms with E-state index in [0.29, 0.717) is 0 Å². The molecule has 5 rings (SSSR count). The van der Waals surface area contributed by atoms with E-state index in [1.165, 1.54) is 33.5 Å². The van der Waals surface area contributed by atoms with Gasteiger partial charge in [-0.1, -0.05) is 92.4 Å². The predicted octanol–water partition coefficient (Wildman–Crippen LogP) is 6.69. The van der Waals surface area contributed by atoms with Gasteiger partial charge in [-0.2, -0.15) is 0 Å². The van der Waals surface area contributed by atoms with Crippen LogP contribution in [0.3, 0.4) is 0 Å². The van der Waals surface area contributed by atoms with Gasteiger partial charge in [0.1, 0.15) is 12.3 Å². The Balaban J connectivity index is 0.000000434. The van der Waals surface area contributed by atoms with Crippen molar-refractivity contribution in [1.82, 2.24) is 0 Å². The summed E-state index contributed by atoms with van der Waals surface area (Å²) >= 11 is 0. The summed E-state index contributed by atoms with van der Waals surface area (Å²) in [7, 11) is -1.45. The van der Waals surface area contributed by atoms with Crippen molar-refractivity contribution in [2.45, 2.75) is 19.6 Å². The minimum atomic E-state index is -0.783. The summed E-state index contributed by atoms with van der Waals surface area (Å²) in [5.41, 5.74) is 0. The van der Waals surface area contributed by atoms with Gasteiger partial charge in [0.2, 0.25) is 0 Å². The Morgan fingerprint density at radius 1 is 0.500 bits per heavy atom. The van der Waals surface area contributed by atoms with Crippen LogP contribution >= 0.6 is 15.8 Å². The molecular formula is C34H36FeP2Si+2. The molecule has 0 aliphatic heterocycles. The Bertz CT molecular complexity index is 1020. The van der Waals surface area contributed by atoms with Gasteiger partial charge in [0.15, 0.2) is 0 Å². The number of hydrogen-bond acceptors (Lipinski definition) is 0. The van der Waals surface area contributed by atoms with Crippen molar-refractivity contribution in [3.63, 3.8) is 0 Å². The minimum absolute atomic E-state index is 0. The third-order valence-corrected chi connectivity index (χ3v) is 11.6. The van der Waals surface area contributed by atoms with E-state index in [-0.39, 0.29) is 25.9 Å². The molecule has 0 bridgehead atoms. The van der Waals surface area contributed by atoms with Crippen molar-refractivity contribution in [2.75, 3.05) is 12.3 Å². The Hall–Kier alpha value is -2.17. The number of rotatable bonds is 7. The zero-order valence-corrected chi connectivity index (χ0v) is 26.5. The quantitative estimate of drug-likeness (QED) is 0.113.